The van der Waals surface area contributed by atoms with Gasteiger partial charge in [-0.25, -0.2) is 4.79 Å². The monoisotopic (exact) mass is 241 g/mol. The molecule has 3 atom stereocenters. The molecule has 2 bridgehead atoms. The molecule has 2 aliphatic rings. The van der Waals surface area contributed by atoms with Crippen molar-refractivity contribution >= 4 is 12.1 Å². The summed E-state index contributed by atoms with van der Waals surface area (Å²) in [5.41, 5.74) is -0.495. The highest BCUT2D eigenvalue weighted by atomic mass is 16.6. The molecule has 0 radical (unpaired) electrons. The van der Waals surface area contributed by atoms with E-state index in [9.17, 15) is 9.59 Å². The van der Waals surface area contributed by atoms with Gasteiger partial charge in [0, 0.05) is 12.6 Å². The van der Waals surface area contributed by atoms with E-state index in [1.54, 1.807) is 4.90 Å². The summed E-state index contributed by atoms with van der Waals surface area (Å²) >= 11 is 0. The number of hydrogen-bond acceptors (Lipinski definition) is 3. The van der Waals surface area contributed by atoms with Crippen LogP contribution >= 0.6 is 0 Å². The molecular weight excluding hydrogens is 222 g/mol. The molecule has 96 valence electrons. The highest BCUT2D eigenvalue weighted by Crippen LogP contribution is 2.42. The van der Waals surface area contributed by atoms with Gasteiger partial charge in [-0.15, -0.1) is 0 Å². The first-order valence-corrected chi connectivity index (χ1v) is 6.00. The number of likely N-dealkylation sites (tertiary alicyclic amines) is 1. The van der Waals surface area contributed by atoms with Gasteiger partial charge < -0.3 is 14.7 Å². The van der Waals surface area contributed by atoms with Crippen LogP contribution in [-0.4, -0.2) is 40.3 Å². The predicted molar refractivity (Wildman–Crippen MR) is 60.6 cm³/mol. The number of fused-ring (bicyclic) bond motifs is 2. The summed E-state index contributed by atoms with van der Waals surface area (Å²) in [6, 6.07) is 0.0518. The number of carbonyl (C=O) groups excluding carboxylic acids is 1. The lowest BCUT2D eigenvalue weighted by Gasteiger charge is -2.31. The molecule has 5 heteroatoms. The molecule has 1 saturated heterocycles. The molecule has 1 aliphatic heterocycles. The molecule has 2 rings (SSSR count). The number of carboxylic acids is 1. The van der Waals surface area contributed by atoms with E-state index in [2.05, 4.69) is 0 Å². The van der Waals surface area contributed by atoms with Crippen LogP contribution < -0.4 is 0 Å². The van der Waals surface area contributed by atoms with Gasteiger partial charge in [-0.2, -0.15) is 0 Å². The van der Waals surface area contributed by atoms with Crippen molar-refractivity contribution in [2.45, 2.75) is 45.3 Å². The van der Waals surface area contributed by atoms with E-state index in [4.69, 9.17) is 9.84 Å². The number of carbonyl (C=O) groups is 2. The van der Waals surface area contributed by atoms with Gasteiger partial charge in [-0.1, -0.05) is 0 Å². The van der Waals surface area contributed by atoms with Crippen LogP contribution in [0.5, 0.6) is 0 Å². The number of amides is 1. The van der Waals surface area contributed by atoms with Gasteiger partial charge in [0.2, 0.25) is 0 Å². The molecule has 0 unspecified atom stereocenters. The summed E-state index contributed by atoms with van der Waals surface area (Å²) in [6.07, 6.45) is 1.06. The van der Waals surface area contributed by atoms with Gasteiger partial charge in [0.15, 0.2) is 0 Å². The molecule has 0 aromatic carbocycles. The fraction of sp³-hybridized carbons (Fsp3) is 0.833. The Morgan fingerprint density at radius 2 is 1.94 bits per heavy atom. The van der Waals surface area contributed by atoms with Crippen LogP contribution in [0.1, 0.15) is 33.6 Å². The maximum absolute atomic E-state index is 11.9. The van der Waals surface area contributed by atoms with Gasteiger partial charge >= 0.3 is 12.1 Å². The molecule has 0 aromatic heterocycles. The second-order valence-electron chi connectivity index (χ2n) is 5.96. The highest BCUT2D eigenvalue weighted by molar-refractivity contribution is 5.73. The largest absolute Gasteiger partial charge is 0.481 e. The predicted octanol–water partition coefficient (Wildman–Crippen LogP) is 1.72. The number of carboxylic acid groups (broad SMARTS) is 1. The summed E-state index contributed by atoms with van der Waals surface area (Å²) in [5, 5.41) is 9.01. The smallest absolute Gasteiger partial charge is 0.410 e. The van der Waals surface area contributed by atoms with Crippen LogP contribution in [0, 0.1) is 11.8 Å². The second kappa shape index (κ2) is 3.89. The van der Waals surface area contributed by atoms with Crippen molar-refractivity contribution in [3.05, 3.63) is 0 Å². The van der Waals surface area contributed by atoms with Crippen LogP contribution in [0.15, 0.2) is 0 Å². The Morgan fingerprint density at radius 3 is 2.35 bits per heavy atom. The average Bonchev–Trinajstić information content (AvgIpc) is 2.72. The van der Waals surface area contributed by atoms with Crippen LogP contribution in [0.4, 0.5) is 4.79 Å². The minimum atomic E-state index is -0.735. The van der Waals surface area contributed by atoms with E-state index in [0.717, 1.165) is 6.42 Å². The van der Waals surface area contributed by atoms with Crippen LogP contribution in [-0.2, 0) is 9.53 Å². The third kappa shape index (κ3) is 2.37. The van der Waals surface area contributed by atoms with Crippen molar-refractivity contribution in [2.24, 2.45) is 11.8 Å². The van der Waals surface area contributed by atoms with Crippen molar-refractivity contribution in [2.75, 3.05) is 6.54 Å². The molecule has 17 heavy (non-hydrogen) atoms. The van der Waals surface area contributed by atoms with Crippen molar-refractivity contribution in [3.8, 4) is 0 Å². The zero-order valence-electron chi connectivity index (χ0n) is 10.5. The van der Waals surface area contributed by atoms with Gasteiger partial charge in [0.05, 0.1) is 5.92 Å². The van der Waals surface area contributed by atoms with Crippen LogP contribution in [0.2, 0.25) is 0 Å². The number of rotatable bonds is 1. The fourth-order valence-electron chi connectivity index (χ4n) is 2.80. The van der Waals surface area contributed by atoms with Crippen LogP contribution in [0.25, 0.3) is 0 Å². The minimum Gasteiger partial charge on any atom is -0.481 e. The molecule has 2 fully saturated rings. The summed E-state index contributed by atoms with van der Waals surface area (Å²) in [7, 11) is 0. The normalized spacial score (nSPS) is 31.7. The molecule has 1 aliphatic carbocycles. The third-order valence-electron chi connectivity index (χ3n) is 3.49. The Balaban J connectivity index is 1.96. The van der Waals surface area contributed by atoms with Gasteiger partial charge in [0.1, 0.15) is 5.60 Å². The zero-order chi connectivity index (χ0) is 12.8. The third-order valence-corrected chi connectivity index (χ3v) is 3.49. The van der Waals surface area contributed by atoms with E-state index in [-0.39, 0.29) is 24.0 Å². The fourth-order valence-corrected chi connectivity index (χ4v) is 2.80. The number of piperidine rings is 1. The van der Waals surface area contributed by atoms with Gasteiger partial charge in [0.25, 0.3) is 0 Å². The molecule has 1 heterocycles. The Labute approximate surface area is 101 Å². The lowest BCUT2D eigenvalue weighted by molar-refractivity contribution is -0.143. The first-order chi connectivity index (χ1) is 7.78. The van der Waals surface area contributed by atoms with E-state index in [0.29, 0.717) is 13.0 Å². The maximum atomic E-state index is 11.9. The van der Waals surface area contributed by atoms with Crippen LogP contribution in [0.3, 0.4) is 0 Å². The average molecular weight is 241 g/mol. The van der Waals surface area contributed by atoms with Gasteiger partial charge in [-0.3, -0.25) is 4.79 Å². The Hall–Kier alpha value is -1.26. The topological polar surface area (TPSA) is 66.8 Å². The Bertz CT molecular complexity index is 347. The first-order valence-electron chi connectivity index (χ1n) is 6.00. The van der Waals surface area contributed by atoms with E-state index in [1.807, 2.05) is 20.8 Å². The van der Waals surface area contributed by atoms with E-state index >= 15 is 0 Å². The number of nitrogens with zero attached hydrogens (tertiary/aromatic N) is 1. The maximum Gasteiger partial charge on any atom is 0.410 e. The van der Waals surface area contributed by atoms with Crippen molar-refractivity contribution < 1.29 is 19.4 Å². The summed E-state index contributed by atoms with van der Waals surface area (Å²) in [6.45, 7) is 6.02. The minimum absolute atomic E-state index is 0.0518. The van der Waals surface area contributed by atoms with E-state index < -0.39 is 11.6 Å². The van der Waals surface area contributed by atoms with Crippen molar-refractivity contribution in [1.82, 2.24) is 4.90 Å². The molecule has 1 saturated carbocycles. The Morgan fingerprint density at radius 1 is 1.29 bits per heavy atom. The number of aliphatic carboxylic acids is 1. The molecule has 0 spiro atoms. The van der Waals surface area contributed by atoms with E-state index in [1.165, 1.54) is 0 Å². The van der Waals surface area contributed by atoms with Gasteiger partial charge in [-0.05, 0) is 39.5 Å². The lowest BCUT2D eigenvalue weighted by Crippen LogP contribution is -2.44. The lowest BCUT2D eigenvalue weighted by atomic mass is 9.95. The summed E-state index contributed by atoms with van der Waals surface area (Å²) < 4.78 is 5.31. The standard InChI is InChI=1S/C12H19NO4/c1-12(2,3)17-11(16)13-6-7-4-8(13)5-9(7)10(14)15/h7-9H,4-6H2,1-3H3,(H,14,15)/t7-,8-,9+/m0/s1. The first kappa shape index (κ1) is 12.2. The summed E-state index contributed by atoms with van der Waals surface area (Å²) in [5.74, 6) is -0.912. The molecule has 5 nitrogen and oxygen atoms in total. The highest BCUT2D eigenvalue weighted by Gasteiger charge is 2.50. The number of ether oxygens (including phenoxy) is 1. The molecular formula is C12H19NO4. The Kier molecular flexibility index (Phi) is 2.79. The quantitative estimate of drug-likeness (QED) is 0.759. The number of hydrogen-bond donors (Lipinski definition) is 1. The zero-order valence-corrected chi connectivity index (χ0v) is 10.5. The molecule has 0 aromatic rings. The van der Waals surface area contributed by atoms with Crippen molar-refractivity contribution in [3.63, 3.8) is 0 Å². The second-order valence-corrected chi connectivity index (χ2v) is 5.96. The molecule has 1 amide bonds. The molecule has 1 N–H and O–H groups in total. The van der Waals surface area contributed by atoms with Crippen molar-refractivity contribution in [1.29, 1.82) is 0 Å². The summed E-state index contributed by atoms with van der Waals surface area (Å²) in [4.78, 5) is 24.5. The SMILES string of the molecule is CC(C)(C)OC(=O)N1C[C@@H]2C[C@H]1C[C@H]2C(=O)O.